The zero-order valence-corrected chi connectivity index (χ0v) is 27.0. The summed E-state index contributed by atoms with van der Waals surface area (Å²) in [5.41, 5.74) is -1.83. The first kappa shape index (κ1) is 35.7. The summed E-state index contributed by atoms with van der Waals surface area (Å²) in [5, 5.41) is 8.79. The molecule has 0 heterocycles. The molecule has 0 aromatic heterocycles. The highest BCUT2D eigenvalue weighted by Crippen LogP contribution is 2.56. The second-order valence-corrected chi connectivity index (χ2v) is 14.9. The monoisotopic (exact) mass is 542 g/mol. The third kappa shape index (κ3) is 10.8. The number of nitrogens with one attached hydrogen (secondary N) is 3. The van der Waals surface area contributed by atoms with Crippen molar-refractivity contribution >= 4 is 30.4 Å². The Morgan fingerprint density at radius 1 is 0.838 bits per heavy atom. The molecule has 0 saturated heterocycles. The Bertz CT molecular complexity index is 766. The molecular formula is C29H58N4O3S. The minimum Gasteiger partial charge on any atom is -0.356 e. The van der Waals surface area contributed by atoms with E-state index in [1.54, 1.807) is 0 Å². The maximum absolute atomic E-state index is 13.7. The molecule has 0 saturated carbocycles. The summed E-state index contributed by atoms with van der Waals surface area (Å²) in [6, 6.07) is 0. The van der Waals surface area contributed by atoms with Crippen molar-refractivity contribution in [3.63, 3.8) is 0 Å². The van der Waals surface area contributed by atoms with Gasteiger partial charge in [-0.05, 0) is 61.6 Å². The van der Waals surface area contributed by atoms with Crippen LogP contribution in [-0.2, 0) is 14.4 Å². The Hall–Kier alpha value is -1.28. The van der Waals surface area contributed by atoms with Gasteiger partial charge < -0.3 is 20.9 Å². The van der Waals surface area contributed by atoms with Crippen molar-refractivity contribution in [2.45, 2.75) is 95.4 Å². The Balaban J connectivity index is 6.07. The number of nitrogens with zero attached hydrogens (tertiary/aromatic N) is 1. The average molecular weight is 543 g/mol. The Labute approximate surface area is 233 Å². The van der Waals surface area contributed by atoms with Crippen LogP contribution in [0.4, 0.5) is 0 Å². The van der Waals surface area contributed by atoms with Gasteiger partial charge in [0, 0.05) is 12.5 Å². The highest BCUT2D eigenvalue weighted by atomic mass is 32.1. The van der Waals surface area contributed by atoms with Crippen LogP contribution >= 0.6 is 12.6 Å². The summed E-state index contributed by atoms with van der Waals surface area (Å²) < 4.78 is 0. The van der Waals surface area contributed by atoms with E-state index >= 15 is 0 Å². The minimum absolute atomic E-state index is 0.0638. The molecule has 0 spiro atoms. The highest BCUT2D eigenvalue weighted by Gasteiger charge is 2.54. The van der Waals surface area contributed by atoms with Crippen LogP contribution < -0.4 is 16.0 Å². The molecule has 0 fully saturated rings. The standard InChI is InChI=1S/C29H58N4O3S/c1-25(2,3)17-21(23(35)32-20-31-22(34)18-37)28(9,10)27(7,8)19-29(11,26(4,5)6)24(36)30-15-14-16-33(12)13/h21,37H,14-20H2,1-13H3,(H,30,36)(H,31,34)(H,32,35). The molecule has 0 aromatic carbocycles. The van der Waals surface area contributed by atoms with Crippen LogP contribution in [0.25, 0.3) is 0 Å². The molecule has 3 N–H and O–H groups in total. The van der Waals surface area contributed by atoms with Gasteiger partial charge in [0.15, 0.2) is 0 Å². The normalized spacial score (nSPS) is 15.6. The third-order valence-corrected chi connectivity index (χ3v) is 8.75. The topological polar surface area (TPSA) is 90.5 Å². The number of rotatable bonds is 14. The zero-order valence-electron chi connectivity index (χ0n) is 26.1. The second kappa shape index (κ2) is 13.7. The lowest BCUT2D eigenvalue weighted by molar-refractivity contribution is -0.145. The summed E-state index contributed by atoms with van der Waals surface area (Å²) in [6.07, 6.45) is 2.20. The summed E-state index contributed by atoms with van der Waals surface area (Å²) in [4.78, 5) is 40.9. The quantitative estimate of drug-likeness (QED) is 0.145. The fourth-order valence-electron chi connectivity index (χ4n) is 4.76. The van der Waals surface area contributed by atoms with Crippen molar-refractivity contribution in [2.75, 3.05) is 39.6 Å². The maximum Gasteiger partial charge on any atom is 0.231 e. The van der Waals surface area contributed by atoms with E-state index < -0.39 is 10.8 Å². The molecule has 0 bridgehead atoms. The van der Waals surface area contributed by atoms with E-state index in [0.717, 1.165) is 13.0 Å². The first-order valence-electron chi connectivity index (χ1n) is 13.6. The number of hydrogen-bond acceptors (Lipinski definition) is 5. The van der Waals surface area contributed by atoms with E-state index in [2.05, 4.69) is 110 Å². The number of hydrogen-bond donors (Lipinski definition) is 4. The smallest absolute Gasteiger partial charge is 0.231 e. The summed E-state index contributed by atoms with van der Waals surface area (Å²) in [6.45, 7) is 25.1. The molecule has 0 radical (unpaired) electrons. The van der Waals surface area contributed by atoms with Gasteiger partial charge in [0.05, 0.1) is 17.8 Å². The molecule has 0 aliphatic heterocycles. The largest absolute Gasteiger partial charge is 0.356 e. The van der Waals surface area contributed by atoms with E-state index in [4.69, 9.17) is 0 Å². The Morgan fingerprint density at radius 2 is 1.38 bits per heavy atom. The molecule has 0 aliphatic carbocycles. The van der Waals surface area contributed by atoms with Gasteiger partial charge in [0.1, 0.15) is 0 Å². The van der Waals surface area contributed by atoms with Crippen LogP contribution in [0.2, 0.25) is 0 Å². The Morgan fingerprint density at radius 3 is 1.81 bits per heavy atom. The van der Waals surface area contributed by atoms with Crippen molar-refractivity contribution in [1.82, 2.24) is 20.9 Å². The minimum atomic E-state index is -0.644. The molecule has 3 amide bonds. The lowest BCUT2D eigenvalue weighted by atomic mass is 9.51. The molecular weight excluding hydrogens is 484 g/mol. The lowest BCUT2D eigenvalue weighted by Crippen LogP contribution is -2.55. The first-order valence-corrected chi connectivity index (χ1v) is 14.2. The first-order chi connectivity index (χ1) is 16.5. The van der Waals surface area contributed by atoms with E-state index in [9.17, 15) is 14.4 Å². The van der Waals surface area contributed by atoms with Gasteiger partial charge in [0.25, 0.3) is 0 Å². The van der Waals surface area contributed by atoms with Crippen LogP contribution in [0.1, 0.15) is 95.4 Å². The van der Waals surface area contributed by atoms with Crippen LogP contribution in [0.5, 0.6) is 0 Å². The summed E-state index contributed by atoms with van der Waals surface area (Å²) in [5.74, 6) is -0.495. The predicted molar refractivity (Wildman–Crippen MR) is 158 cm³/mol. The molecule has 37 heavy (non-hydrogen) atoms. The Kier molecular flexibility index (Phi) is 13.2. The lowest BCUT2D eigenvalue weighted by Gasteiger charge is -2.53. The molecule has 2 atom stereocenters. The number of carbonyl (C=O) groups is 3. The second-order valence-electron chi connectivity index (χ2n) is 14.6. The van der Waals surface area contributed by atoms with Crippen LogP contribution in [0.3, 0.4) is 0 Å². The fraction of sp³-hybridized carbons (Fsp3) is 0.897. The predicted octanol–water partition coefficient (Wildman–Crippen LogP) is 4.72. The SMILES string of the molecule is CN(C)CCCNC(=O)C(C)(CC(C)(C)C(C)(C)C(CC(C)(C)C)C(=O)NCNC(=O)CS)C(C)(C)C. The molecule has 218 valence electrons. The molecule has 0 aliphatic rings. The molecule has 8 heteroatoms. The molecule has 0 aromatic rings. The van der Waals surface area contributed by atoms with E-state index in [1.807, 2.05) is 14.1 Å². The summed E-state index contributed by atoms with van der Waals surface area (Å²) in [7, 11) is 4.06. The van der Waals surface area contributed by atoms with E-state index in [1.165, 1.54) is 0 Å². The number of thiol groups is 1. The van der Waals surface area contributed by atoms with Gasteiger partial charge in [-0.3, -0.25) is 14.4 Å². The van der Waals surface area contributed by atoms with Gasteiger partial charge in [-0.1, -0.05) is 76.2 Å². The van der Waals surface area contributed by atoms with Crippen LogP contribution in [-0.4, -0.2) is 62.2 Å². The zero-order chi connectivity index (χ0) is 29.5. The van der Waals surface area contributed by atoms with Crippen molar-refractivity contribution < 1.29 is 14.4 Å². The number of carbonyl (C=O) groups excluding carboxylic acids is 3. The molecule has 2 unspecified atom stereocenters. The highest BCUT2D eigenvalue weighted by molar-refractivity contribution is 7.81. The van der Waals surface area contributed by atoms with Gasteiger partial charge in [-0.2, -0.15) is 12.6 Å². The van der Waals surface area contributed by atoms with Crippen LogP contribution in [0.15, 0.2) is 0 Å². The molecule has 0 rings (SSSR count). The van der Waals surface area contributed by atoms with E-state index in [-0.39, 0.29) is 52.3 Å². The fourth-order valence-corrected chi connectivity index (χ4v) is 4.87. The number of amides is 3. The van der Waals surface area contributed by atoms with Crippen molar-refractivity contribution in [3.05, 3.63) is 0 Å². The third-order valence-electron chi connectivity index (χ3n) is 8.46. The van der Waals surface area contributed by atoms with Gasteiger partial charge >= 0.3 is 0 Å². The molecule has 7 nitrogen and oxygen atoms in total. The van der Waals surface area contributed by atoms with Crippen molar-refractivity contribution in [3.8, 4) is 0 Å². The average Bonchev–Trinajstić information content (AvgIpc) is 2.72. The summed E-state index contributed by atoms with van der Waals surface area (Å²) >= 11 is 3.98. The van der Waals surface area contributed by atoms with Crippen molar-refractivity contribution in [1.29, 1.82) is 0 Å². The van der Waals surface area contributed by atoms with Gasteiger partial charge in [0.2, 0.25) is 17.7 Å². The van der Waals surface area contributed by atoms with Gasteiger partial charge in [-0.15, -0.1) is 0 Å². The van der Waals surface area contributed by atoms with Gasteiger partial charge in [-0.25, -0.2) is 0 Å². The van der Waals surface area contributed by atoms with Crippen molar-refractivity contribution in [2.24, 2.45) is 33.0 Å². The maximum atomic E-state index is 13.7. The van der Waals surface area contributed by atoms with E-state index in [0.29, 0.717) is 19.4 Å². The van der Waals surface area contributed by atoms with Crippen LogP contribution in [0, 0.1) is 33.0 Å².